The van der Waals surface area contributed by atoms with Gasteiger partial charge < -0.3 is 9.88 Å². The highest BCUT2D eigenvalue weighted by atomic mass is 79.9. The summed E-state index contributed by atoms with van der Waals surface area (Å²) in [5.41, 5.74) is 6.26. The van der Waals surface area contributed by atoms with Gasteiger partial charge >= 0.3 is 6.03 Å². The van der Waals surface area contributed by atoms with Gasteiger partial charge in [0.25, 0.3) is 5.91 Å². The fourth-order valence-electron chi connectivity index (χ4n) is 3.80. The zero-order valence-electron chi connectivity index (χ0n) is 17.1. The van der Waals surface area contributed by atoms with Crippen LogP contribution in [0.25, 0.3) is 11.8 Å². The van der Waals surface area contributed by atoms with E-state index in [1.807, 2.05) is 75.4 Å². The predicted molar refractivity (Wildman–Crippen MR) is 121 cm³/mol. The van der Waals surface area contributed by atoms with Crippen molar-refractivity contribution in [3.63, 3.8) is 0 Å². The smallest absolute Gasteiger partial charge is 0.317 e. The van der Waals surface area contributed by atoms with E-state index in [4.69, 9.17) is 0 Å². The second kappa shape index (κ2) is 7.95. The molecule has 0 radical (unpaired) electrons. The minimum absolute atomic E-state index is 0.250. The van der Waals surface area contributed by atoms with Crippen molar-refractivity contribution in [1.29, 1.82) is 0 Å². The first kappa shape index (κ1) is 20.2. The summed E-state index contributed by atoms with van der Waals surface area (Å²) in [6.45, 7) is 6.26. The maximum atomic E-state index is 12.9. The Balaban J connectivity index is 1.64. The highest BCUT2D eigenvalue weighted by Crippen LogP contribution is 2.28. The van der Waals surface area contributed by atoms with Crippen LogP contribution < -0.4 is 5.32 Å². The van der Waals surface area contributed by atoms with Gasteiger partial charge in [-0.1, -0.05) is 42.0 Å². The highest BCUT2D eigenvalue weighted by Gasteiger charge is 2.33. The maximum absolute atomic E-state index is 12.9. The molecule has 0 atom stereocenters. The van der Waals surface area contributed by atoms with Crippen molar-refractivity contribution >= 4 is 33.9 Å². The minimum atomic E-state index is -0.396. The summed E-state index contributed by atoms with van der Waals surface area (Å²) >= 11 is 3.61. The van der Waals surface area contributed by atoms with Gasteiger partial charge in [-0.2, -0.15) is 0 Å². The molecule has 1 fully saturated rings. The van der Waals surface area contributed by atoms with Crippen LogP contribution in [0, 0.1) is 20.8 Å². The Bertz CT molecular complexity index is 1190. The lowest BCUT2D eigenvalue weighted by atomic mass is 10.1. The van der Waals surface area contributed by atoms with Crippen LogP contribution in [0.15, 0.2) is 64.8 Å². The average molecular weight is 464 g/mol. The predicted octanol–water partition coefficient (Wildman–Crippen LogP) is 5.26. The first-order chi connectivity index (χ1) is 14.3. The molecular weight excluding hydrogens is 442 g/mol. The van der Waals surface area contributed by atoms with Gasteiger partial charge in [0.05, 0.1) is 12.2 Å². The van der Waals surface area contributed by atoms with E-state index in [1.54, 1.807) is 6.08 Å². The molecule has 3 amide bonds. The van der Waals surface area contributed by atoms with Crippen LogP contribution in [0.5, 0.6) is 0 Å². The summed E-state index contributed by atoms with van der Waals surface area (Å²) in [5, 5.41) is 2.72. The van der Waals surface area contributed by atoms with Crippen LogP contribution in [0.2, 0.25) is 0 Å². The third-order valence-electron chi connectivity index (χ3n) is 5.25. The van der Waals surface area contributed by atoms with E-state index in [0.29, 0.717) is 5.70 Å². The summed E-state index contributed by atoms with van der Waals surface area (Å²) in [6, 6.07) is 17.4. The Morgan fingerprint density at radius 3 is 2.50 bits per heavy atom. The summed E-state index contributed by atoms with van der Waals surface area (Å²) in [7, 11) is 0. The third-order valence-corrected chi connectivity index (χ3v) is 5.92. The second-order valence-electron chi connectivity index (χ2n) is 7.48. The molecule has 1 aliphatic rings. The van der Waals surface area contributed by atoms with E-state index in [1.165, 1.54) is 4.90 Å². The molecule has 1 aromatic heterocycles. The number of aromatic nitrogens is 1. The first-order valence-electron chi connectivity index (χ1n) is 9.69. The van der Waals surface area contributed by atoms with Crippen LogP contribution in [-0.2, 0) is 11.3 Å². The SMILES string of the molecule is Cc1cccc(CN2C(=O)N/C(=C/c3cc(C)n(-c4ccccc4Br)c3C)C2=O)c1. The largest absolute Gasteiger partial charge is 0.329 e. The topological polar surface area (TPSA) is 54.3 Å². The number of amides is 3. The first-order valence-corrected chi connectivity index (χ1v) is 10.5. The van der Waals surface area contributed by atoms with Gasteiger partial charge in [0.2, 0.25) is 0 Å². The molecule has 5 nitrogen and oxygen atoms in total. The lowest BCUT2D eigenvalue weighted by Crippen LogP contribution is -2.30. The molecule has 0 bridgehead atoms. The Morgan fingerprint density at radius 2 is 1.77 bits per heavy atom. The molecule has 30 heavy (non-hydrogen) atoms. The molecular formula is C24H22BrN3O2. The Hall–Kier alpha value is -3.12. The number of nitrogens with one attached hydrogen (secondary N) is 1. The summed E-state index contributed by atoms with van der Waals surface area (Å²) in [6.07, 6.45) is 1.76. The van der Waals surface area contributed by atoms with E-state index in [0.717, 1.165) is 38.2 Å². The van der Waals surface area contributed by atoms with Gasteiger partial charge in [-0.25, -0.2) is 4.79 Å². The fourth-order valence-corrected chi connectivity index (χ4v) is 4.26. The molecule has 3 aromatic rings. The minimum Gasteiger partial charge on any atom is -0.317 e. The number of nitrogens with zero attached hydrogens (tertiary/aromatic N) is 2. The van der Waals surface area contributed by atoms with E-state index in [2.05, 4.69) is 25.8 Å². The normalized spacial score (nSPS) is 15.2. The lowest BCUT2D eigenvalue weighted by Gasteiger charge is -2.12. The van der Waals surface area contributed by atoms with Crippen LogP contribution in [-0.4, -0.2) is 21.4 Å². The van der Waals surface area contributed by atoms with Gasteiger partial charge in [-0.05, 0) is 72.1 Å². The molecule has 6 heteroatoms. The van der Waals surface area contributed by atoms with Crippen molar-refractivity contribution in [3.05, 3.63) is 92.8 Å². The third kappa shape index (κ3) is 3.71. The summed E-state index contributed by atoms with van der Waals surface area (Å²) in [4.78, 5) is 26.6. The number of aryl methyl sites for hydroxylation is 2. The molecule has 0 saturated carbocycles. The zero-order chi connectivity index (χ0) is 21.4. The quantitative estimate of drug-likeness (QED) is 0.423. The van der Waals surface area contributed by atoms with Crippen LogP contribution in [0.1, 0.15) is 28.1 Å². The number of imide groups is 1. The Labute approximate surface area is 184 Å². The zero-order valence-corrected chi connectivity index (χ0v) is 18.7. The molecule has 2 aromatic carbocycles. The van der Waals surface area contributed by atoms with Gasteiger partial charge in [-0.15, -0.1) is 0 Å². The summed E-state index contributed by atoms with van der Waals surface area (Å²) < 4.78 is 3.11. The van der Waals surface area contributed by atoms with Crippen molar-refractivity contribution in [2.24, 2.45) is 0 Å². The van der Waals surface area contributed by atoms with Crippen molar-refractivity contribution in [2.75, 3.05) is 0 Å². The molecule has 152 valence electrons. The van der Waals surface area contributed by atoms with E-state index in [9.17, 15) is 9.59 Å². The number of halogens is 1. The van der Waals surface area contributed by atoms with Crippen molar-refractivity contribution < 1.29 is 9.59 Å². The molecule has 0 spiro atoms. The van der Waals surface area contributed by atoms with Gasteiger partial charge in [0.15, 0.2) is 0 Å². The van der Waals surface area contributed by atoms with Crippen LogP contribution in [0.3, 0.4) is 0 Å². The number of urea groups is 1. The number of hydrogen-bond donors (Lipinski definition) is 1. The Morgan fingerprint density at radius 1 is 1.00 bits per heavy atom. The number of benzene rings is 2. The monoisotopic (exact) mass is 463 g/mol. The summed E-state index contributed by atoms with van der Waals surface area (Å²) in [5.74, 6) is -0.313. The molecule has 1 aliphatic heterocycles. The van der Waals surface area contributed by atoms with Crippen molar-refractivity contribution in [3.8, 4) is 5.69 Å². The van der Waals surface area contributed by atoms with E-state index in [-0.39, 0.29) is 12.5 Å². The number of carbonyl (C=O) groups is 2. The number of para-hydroxylation sites is 1. The molecule has 4 rings (SSSR count). The second-order valence-corrected chi connectivity index (χ2v) is 8.34. The van der Waals surface area contributed by atoms with Gasteiger partial charge in [0.1, 0.15) is 5.70 Å². The number of carbonyl (C=O) groups excluding carboxylic acids is 2. The van der Waals surface area contributed by atoms with Crippen molar-refractivity contribution in [1.82, 2.24) is 14.8 Å². The van der Waals surface area contributed by atoms with E-state index < -0.39 is 6.03 Å². The molecule has 1 saturated heterocycles. The number of hydrogen-bond acceptors (Lipinski definition) is 2. The highest BCUT2D eigenvalue weighted by molar-refractivity contribution is 9.10. The Kier molecular flexibility index (Phi) is 5.35. The molecule has 1 N–H and O–H groups in total. The maximum Gasteiger partial charge on any atom is 0.329 e. The van der Waals surface area contributed by atoms with Crippen LogP contribution >= 0.6 is 15.9 Å². The standard InChI is InChI=1S/C24H22BrN3O2/c1-15-7-6-8-18(11-15)14-27-23(29)21(26-24(27)30)13-19-12-16(2)28(17(19)3)22-10-5-4-9-20(22)25/h4-13H,14H2,1-3H3,(H,26,30)/b21-13+. The van der Waals surface area contributed by atoms with Gasteiger partial charge in [0, 0.05) is 15.9 Å². The number of rotatable bonds is 4. The molecule has 0 aliphatic carbocycles. The molecule has 2 heterocycles. The van der Waals surface area contributed by atoms with Crippen LogP contribution in [0.4, 0.5) is 4.79 Å². The van der Waals surface area contributed by atoms with Gasteiger partial charge in [-0.3, -0.25) is 9.69 Å². The van der Waals surface area contributed by atoms with E-state index >= 15 is 0 Å². The van der Waals surface area contributed by atoms with Crippen molar-refractivity contribution in [2.45, 2.75) is 27.3 Å². The molecule has 0 unspecified atom stereocenters. The fraction of sp³-hybridized carbons (Fsp3) is 0.167. The lowest BCUT2D eigenvalue weighted by molar-refractivity contribution is -0.123. The average Bonchev–Trinajstić information content (AvgIpc) is 3.12.